The average Bonchev–Trinajstić information content (AvgIpc) is 2.95. The van der Waals surface area contributed by atoms with Crippen LogP contribution < -0.4 is 22.7 Å². The zero-order chi connectivity index (χ0) is 20.7. The van der Waals surface area contributed by atoms with E-state index in [0.717, 1.165) is 25.7 Å². The number of H-pyrrole nitrogens is 1. The quantitative estimate of drug-likeness (QED) is 0.459. The zero-order valence-electron chi connectivity index (χ0n) is 17.1. The molecule has 0 amide bonds. The van der Waals surface area contributed by atoms with Crippen molar-refractivity contribution < 1.29 is 14.2 Å². The number of aromatic nitrogens is 2. The Morgan fingerprint density at radius 3 is 2.57 bits per heavy atom. The molecule has 0 saturated carbocycles. The van der Waals surface area contributed by atoms with Crippen LogP contribution in [0, 0.1) is 6.92 Å². The van der Waals surface area contributed by atoms with Crippen molar-refractivity contribution in [2.24, 2.45) is 11.5 Å². The molecule has 2 unspecified atom stereocenters. The van der Waals surface area contributed by atoms with E-state index in [1.54, 1.807) is 6.92 Å². The van der Waals surface area contributed by atoms with E-state index in [1.807, 2.05) is 0 Å². The number of nitrogens with one attached hydrogen (secondary N) is 1. The Labute approximate surface area is 165 Å². The average molecular weight is 399 g/mol. The molecule has 0 spiro atoms. The van der Waals surface area contributed by atoms with Gasteiger partial charge in [0.1, 0.15) is 11.7 Å². The van der Waals surface area contributed by atoms with Crippen molar-refractivity contribution in [3.8, 4) is 0 Å². The minimum Gasteiger partial charge on any atom is -0.378 e. The van der Waals surface area contributed by atoms with Gasteiger partial charge >= 0.3 is 5.69 Å². The lowest BCUT2D eigenvalue weighted by Crippen LogP contribution is -2.55. The maximum Gasteiger partial charge on any atom is 0.330 e. The van der Waals surface area contributed by atoms with Crippen molar-refractivity contribution in [3.05, 3.63) is 32.6 Å². The van der Waals surface area contributed by atoms with Gasteiger partial charge in [-0.25, -0.2) is 4.79 Å². The number of unbranched alkanes of at least 4 members (excludes halogenated alkanes) is 2. The summed E-state index contributed by atoms with van der Waals surface area (Å²) in [6, 6.07) is -0.641. The maximum atomic E-state index is 12.4. The fourth-order valence-electron chi connectivity index (χ4n) is 3.35. The first-order chi connectivity index (χ1) is 13.4. The van der Waals surface area contributed by atoms with Gasteiger partial charge in [0.2, 0.25) is 0 Å². The van der Waals surface area contributed by atoms with Crippen LogP contribution in [0.1, 0.15) is 51.3 Å². The molecule has 160 valence electrons. The number of nitrogens with two attached hydrogens (primary N) is 2. The lowest BCUT2D eigenvalue weighted by Gasteiger charge is -2.33. The minimum atomic E-state index is -0.963. The van der Waals surface area contributed by atoms with Crippen LogP contribution in [-0.4, -0.2) is 53.7 Å². The normalized spacial score (nSPS) is 27.4. The summed E-state index contributed by atoms with van der Waals surface area (Å²) < 4.78 is 19.4. The second-order valence-corrected chi connectivity index (χ2v) is 7.38. The molecule has 9 heteroatoms. The molecule has 2 heterocycles. The molecule has 28 heavy (non-hydrogen) atoms. The Kier molecular flexibility index (Phi) is 8.38. The standard InChI is InChI=1S/C19H34N4O5/c1-4-6-8-26-12-19(11-20)15(27-9-7-5-2)14(21)17(28-19)23-10-13(3)16(24)22-18(23)25/h10,14-15,17H,4-9,11-12,20-21H2,1-3H3,(H,22,24,25)/t14?,15?,17-,19-/m1/s1. The summed E-state index contributed by atoms with van der Waals surface area (Å²) in [4.78, 5) is 26.4. The first-order valence-corrected chi connectivity index (χ1v) is 10.0. The predicted molar refractivity (Wildman–Crippen MR) is 106 cm³/mol. The van der Waals surface area contributed by atoms with Crippen LogP contribution in [0.2, 0.25) is 0 Å². The second-order valence-electron chi connectivity index (χ2n) is 7.38. The Balaban J connectivity index is 2.32. The third-order valence-electron chi connectivity index (χ3n) is 5.10. The molecule has 0 aliphatic carbocycles. The van der Waals surface area contributed by atoms with Crippen LogP contribution >= 0.6 is 0 Å². The van der Waals surface area contributed by atoms with E-state index in [-0.39, 0.29) is 13.2 Å². The Morgan fingerprint density at radius 2 is 1.93 bits per heavy atom. The highest BCUT2D eigenvalue weighted by molar-refractivity contribution is 5.08. The molecule has 1 aliphatic rings. The molecule has 2 rings (SSSR count). The largest absolute Gasteiger partial charge is 0.378 e. The smallest absolute Gasteiger partial charge is 0.330 e. The van der Waals surface area contributed by atoms with Crippen LogP contribution in [0.25, 0.3) is 0 Å². The van der Waals surface area contributed by atoms with Gasteiger partial charge in [-0.2, -0.15) is 0 Å². The van der Waals surface area contributed by atoms with E-state index in [2.05, 4.69) is 18.8 Å². The van der Waals surface area contributed by atoms with Crippen molar-refractivity contribution in [1.82, 2.24) is 9.55 Å². The maximum absolute atomic E-state index is 12.4. The highest BCUT2D eigenvalue weighted by Gasteiger charge is 2.55. The third kappa shape index (κ3) is 4.90. The molecule has 0 bridgehead atoms. The number of nitrogens with zero attached hydrogens (tertiary/aromatic N) is 1. The first-order valence-electron chi connectivity index (χ1n) is 10.0. The fraction of sp³-hybridized carbons (Fsp3) is 0.789. The molecule has 1 saturated heterocycles. The van der Waals surface area contributed by atoms with Crippen LogP contribution in [0.5, 0.6) is 0 Å². The van der Waals surface area contributed by atoms with Crippen LogP contribution in [0.15, 0.2) is 15.8 Å². The number of ether oxygens (including phenoxy) is 3. The van der Waals surface area contributed by atoms with E-state index >= 15 is 0 Å². The highest BCUT2D eigenvalue weighted by Crippen LogP contribution is 2.37. The van der Waals surface area contributed by atoms with Gasteiger partial charge in [-0.3, -0.25) is 14.3 Å². The summed E-state index contributed by atoms with van der Waals surface area (Å²) in [6.45, 7) is 7.24. The third-order valence-corrected chi connectivity index (χ3v) is 5.10. The van der Waals surface area contributed by atoms with Gasteiger partial charge in [0.25, 0.3) is 5.56 Å². The molecule has 1 aliphatic heterocycles. The SMILES string of the molecule is CCCCOC[C@@]1(CN)O[C@@H](n2cc(C)c(=O)[nH]c2=O)C(N)C1OCCCC. The van der Waals surface area contributed by atoms with Crippen LogP contribution in [0.4, 0.5) is 0 Å². The molecule has 0 radical (unpaired) electrons. The van der Waals surface area contributed by atoms with Crippen molar-refractivity contribution in [2.45, 2.75) is 70.4 Å². The summed E-state index contributed by atoms with van der Waals surface area (Å²) in [5.74, 6) is 0. The molecule has 1 aromatic heterocycles. The molecule has 9 nitrogen and oxygen atoms in total. The van der Waals surface area contributed by atoms with Gasteiger partial charge in [0.05, 0.1) is 12.6 Å². The first kappa shape index (κ1) is 22.8. The predicted octanol–water partition coefficient (Wildman–Crippen LogP) is 0.401. The molecule has 1 fully saturated rings. The number of rotatable bonds is 11. The molecule has 1 aromatic rings. The van der Waals surface area contributed by atoms with E-state index in [9.17, 15) is 9.59 Å². The number of aryl methyl sites for hydroxylation is 1. The minimum absolute atomic E-state index is 0.136. The van der Waals surface area contributed by atoms with E-state index in [4.69, 9.17) is 25.7 Å². The van der Waals surface area contributed by atoms with Gasteiger partial charge in [-0.15, -0.1) is 0 Å². The van der Waals surface area contributed by atoms with Crippen molar-refractivity contribution in [2.75, 3.05) is 26.4 Å². The van der Waals surface area contributed by atoms with E-state index in [1.165, 1.54) is 10.8 Å². The van der Waals surface area contributed by atoms with Gasteiger partial charge in [-0.05, 0) is 19.8 Å². The Morgan fingerprint density at radius 1 is 1.25 bits per heavy atom. The van der Waals surface area contributed by atoms with E-state index in [0.29, 0.717) is 18.8 Å². The van der Waals surface area contributed by atoms with Crippen LogP contribution in [-0.2, 0) is 14.2 Å². The molecule has 0 aromatic carbocycles. The lowest BCUT2D eigenvalue weighted by atomic mass is 9.94. The van der Waals surface area contributed by atoms with Crippen molar-refractivity contribution >= 4 is 0 Å². The lowest BCUT2D eigenvalue weighted by molar-refractivity contribution is -0.147. The molecular formula is C19H34N4O5. The van der Waals surface area contributed by atoms with Gasteiger partial charge < -0.3 is 25.7 Å². The molecule has 5 N–H and O–H groups in total. The van der Waals surface area contributed by atoms with Crippen molar-refractivity contribution in [3.63, 3.8) is 0 Å². The van der Waals surface area contributed by atoms with Gasteiger partial charge in [-0.1, -0.05) is 26.7 Å². The summed E-state index contributed by atoms with van der Waals surface area (Å²) in [6.07, 6.45) is 3.91. The van der Waals surface area contributed by atoms with Crippen LogP contribution in [0.3, 0.4) is 0 Å². The number of hydrogen-bond acceptors (Lipinski definition) is 7. The number of hydrogen-bond donors (Lipinski definition) is 3. The fourth-order valence-corrected chi connectivity index (χ4v) is 3.35. The summed E-state index contributed by atoms with van der Waals surface area (Å²) >= 11 is 0. The van der Waals surface area contributed by atoms with Gasteiger partial charge in [0.15, 0.2) is 6.23 Å². The molecule has 4 atom stereocenters. The second kappa shape index (κ2) is 10.3. The summed E-state index contributed by atoms with van der Waals surface area (Å²) in [7, 11) is 0. The Hall–Kier alpha value is -1.52. The summed E-state index contributed by atoms with van der Waals surface area (Å²) in [5, 5.41) is 0. The topological polar surface area (TPSA) is 135 Å². The van der Waals surface area contributed by atoms with Crippen molar-refractivity contribution in [1.29, 1.82) is 0 Å². The zero-order valence-corrected chi connectivity index (χ0v) is 17.1. The number of aromatic amines is 1. The van der Waals surface area contributed by atoms with E-state index < -0.39 is 35.2 Å². The molecular weight excluding hydrogens is 364 g/mol. The Bertz CT molecular complexity index is 734. The summed E-state index contributed by atoms with van der Waals surface area (Å²) in [5.41, 5.74) is 11.0. The monoisotopic (exact) mass is 398 g/mol. The van der Waals surface area contributed by atoms with Gasteiger partial charge in [0, 0.05) is 31.5 Å². The highest BCUT2D eigenvalue weighted by atomic mass is 16.6.